The lowest BCUT2D eigenvalue weighted by Gasteiger charge is -2.52. The van der Waals surface area contributed by atoms with Gasteiger partial charge in [0.25, 0.3) is 11.8 Å². The molecule has 6 rings (SSSR count). The van der Waals surface area contributed by atoms with E-state index >= 15 is 0 Å². The van der Waals surface area contributed by atoms with Gasteiger partial charge in [-0.05, 0) is 50.4 Å². The Bertz CT molecular complexity index is 1310. The molecule has 8 nitrogen and oxygen atoms in total. The number of carbonyl (C=O) groups excluding carboxylic acids is 2. The Morgan fingerprint density at radius 2 is 1.84 bits per heavy atom. The zero-order chi connectivity index (χ0) is 26.6. The second-order valence-corrected chi connectivity index (χ2v) is 10.3. The van der Waals surface area contributed by atoms with Crippen LogP contribution in [0.2, 0.25) is 0 Å². The highest BCUT2D eigenvalue weighted by Crippen LogP contribution is 2.41. The van der Waals surface area contributed by atoms with E-state index in [0.717, 1.165) is 25.7 Å². The lowest BCUT2D eigenvalue weighted by Crippen LogP contribution is -2.64. The van der Waals surface area contributed by atoms with Gasteiger partial charge in [0.05, 0.1) is 0 Å². The van der Waals surface area contributed by atoms with Gasteiger partial charge in [-0.25, -0.2) is 13.2 Å². The first-order valence-corrected chi connectivity index (χ1v) is 12.6. The Morgan fingerprint density at radius 1 is 1.14 bits per heavy atom. The van der Waals surface area contributed by atoms with Gasteiger partial charge in [0.15, 0.2) is 11.4 Å². The van der Waals surface area contributed by atoms with Crippen molar-refractivity contribution in [3.05, 3.63) is 62.8 Å². The molecule has 0 spiro atoms. The van der Waals surface area contributed by atoms with Crippen molar-refractivity contribution in [2.24, 2.45) is 17.8 Å². The molecule has 198 valence electrons. The third-order valence-electron chi connectivity index (χ3n) is 8.15. The number of pyridine rings is 1. The summed E-state index contributed by atoms with van der Waals surface area (Å²) in [5.41, 5.74) is -2.31. The van der Waals surface area contributed by atoms with Gasteiger partial charge in [0, 0.05) is 43.5 Å². The molecule has 1 aromatic heterocycles. The van der Waals surface area contributed by atoms with Gasteiger partial charge in [-0.3, -0.25) is 24.1 Å². The van der Waals surface area contributed by atoms with Crippen LogP contribution in [0.25, 0.3) is 0 Å². The largest absolute Gasteiger partial charge is 0.502 e. The Labute approximate surface area is 211 Å². The topological polar surface area (TPSA) is 94.9 Å². The lowest BCUT2D eigenvalue weighted by atomic mass is 9.71. The number of aromatic nitrogens is 1. The molecule has 4 heterocycles. The smallest absolute Gasteiger partial charge is 0.278 e. The van der Waals surface area contributed by atoms with Gasteiger partial charge < -0.3 is 15.3 Å². The van der Waals surface area contributed by atoms with Gasteiger partial charge in [0.2, 0.25) is 5.43 Å². The Morgan fingerprint density at radius 3 is 2.49 bits per heavy atom. The molecule has 2 saturated heterocycles. The molecule has 1 aliphatic carbocycles. The molecule has 3 fully saturated rings. The number of halogens is 3. The fourth-order valence-corrected chi connectivity index (χ4v) is 6.14. The monoisotopic (exact) mass is 518 g/mol. The SMILES string of the molecule is CCN1C(=O)c2c(O)c(=O)c(C(=O)NCc3c(F)cc(F)cc3F)cn2N2CC3CCC(CC3C)CC12. The van der Waals surface area contributed by atoms with Crippen molar-refractivity contribution >= 4 is 11.8 Å². The number of fused-ring (bicyclic) bond motifs is 3. The molecule has 4 atom stereocenters. The Hall–Kier alpha value is -3.50. The summed E-state index contributed by atoms with van der Waals surface area (Å²) in [4.78, 5) is 41.0. The first kappa shape index (κ1) is 25.2. The van der Waals surface area contributed by atoms with Crippen molar-refractivity contribution in [1.82, 2.24) is 14.9 Å². The number of amides is 2. The summed E-state index contributed by atoms with van der Waals surface area (Å²) in [6.07, 6.45) is 4.84. The number of aromatic hydroxyl groups is 1. The maximum atomic E-state index is 14.0. The first-order chi connectivity index (χ1) is 17.6. The van der Waals surface area contributed by atoms with Crippen LogP contribution in [0.15, 0.2) is 23.1 Å². The number of carbonyl (C=O) groups is 2. The molecule has 11 heteroatoms. The number of hydrogen-bond donors (Lipinski definition) is 2. The summed E-state index contributed by atoms with van der Waals surface area (Å²) < 4.78 is 42.7. The highest BCUT2D eigenvalue weighted by molar-refractivity contribution is 5.99. The van der Waals surface area contributed by atoms with Crippen LogP contribution in [-0.2, 0) is 6.54 Å². The third kappa shape index (κ3) is 4.23. The number of nitrogens with zero attached hydrogens (tertiary/aromatic N) is 3. The zero-order valence-corrected chi connectivity index (χ0v) is 20.6. The lowest BCUT2D eigenvalue weighted by molar-refractivity contribution is 0.0395. The normalized spacial score (nSPS) is 24.8. The maximum absolute atomic E-state index is 14.0. The van der Waals surface area contributed by atoms with Crippen molar-refractivity contribution in [2.75, 3.05) is 18.1 Å². The molecular weight excluding hydrogens is 489 g/mol. The van der Waals surface area contributed by atoms with Crippen molar-refractivity contribution in [3.8, 4) is 5.75 Å². The van der Waals surface area contributed by atoms with E-state index in [-0.39, 0.29) is 11.9 Å². The minimum absolute atomic E-state index is 0.209. The van der Waals surface area contributed by atoms with Gasteiger partial charge in [0.1, 0.15) is 29.2 Å². The number of rotatable bonds is 4. The molecule has 2 N–H and O–H groups in total. The average Bonchev–Trinajstić information content (AvgIpc) is 2.82. The van der Waals surface area contributed by atoms with E-state index < -0.39 is 58.1 Å². The van der Waals surface area contributed by atoms with Crippen molar-refractivity contribution in [1.29, 1.82) is 0 Å². The molecule has 2 bridgehead atoms. The van der Waals surface area contributed by atoms with Crippen molar-refractivity contribution in [2.45, 2.75) is 52.2 Å². The molecule has 3 aliphatic heterocycles. The summed E-state index contributed by atoms with van der Waals surface area (Å²) in [6, 6.07) is 0.984. The summed E-state index contributed by atoms with van der Waals surface area (Å²) in [5, 5.41) is 15.0. The van der Waals surface area contributed by atoms with E-state index in [9.17, 15) is 32.7 Å². The fourth-order valence-electron chi connectivity index (χ4n) is 6.14. The second-order valence-electron chi connectivity index (χ2n) is 10.3. The molecule has 4 unspecified atom stereocenters. The highest BCUT2D eigenvalue weighted by Gasteiger charge is 2.45. The molecule has 2 aromatic rings. The molecule has 4 aliphatic rings. The van der Waals surface area contributed by atoms with E-state index in [1.807, 2.05) is 11.9 Å². The maximum Gasteiger partial charge on any atom is 0.278 e. The minimum Gasteiger partial charge on any atom is -0.502 e. The van der Waals surface area contributed by atoms with E-state index in [1.165, 1.54) is 10.9 Å². The quantitative estimate of drug-likeness (QED) is 0.649. The second kappa shape index (κ2) is 9.42. The third-order valence-corrected chi connectivity index (χ3v) is 8.15. The Kier molecular flexibility index (Phi) is 6.41. The van der Waals surface area contributed by atoms with Crippen molar-refractivity contribution in [3.63, 3.8) is 0 Å². The molecular formula is C26H29F3N4O4. The summed E-state index contributed by atoms with van der Waals surface area (Å²) >= 11 is 0. The predicted molar refractivity (Wildman–Crippen MR) is 128 cm³/mol. The number of hydrogen-bond acceptors (Lipinski definition) is 5. The van der Waals surface area contributed by atoms with E-state index in [4.69, 9.17) is 0 Å². The van der Waals surface area contributed by atoms with Gasteiger partial charge in [-0.1, -0.05) is 6.92 Å². The van der Waals surface area contributed by atoms with Crippen LogP contribution in [0.4, 0.5) is 13.2 Å². The fraction of sp³-hybridized carbons (Fsp3) is 0.500. The minimum atomic E-state index is -1.18. The molecule has 1 saturated carbocycles. The summed E-state index contributed by atoms with van der Waals surface area (Å²) in [5.74, 6) is -4.56. The van der Waals surface area contributed by atoms with E-state index in [2.05, 4.69) is 12.2 Å². The zero-order valence-electron chi connectivity index (χ0n) is 20.6. The van der Waals surface area contributed by atoms with E-state index in [0.29, 0.717) is 43.0 Å². The summed E-state index contributed by atoms with van der Waals surface area (Å²) in [6.45, 7) is 4.37. The van der Waals surface area contributed by atoms with Gasteiger partial charge in [-0.2, -0.15) is 0 Å². The van der Waals surface area contributed by atoms with Crippen LogP contribution in [-0.4, -0.2) is 45.8 Å². The van der Waals surface area contributed by atoms with Crippen molar-refractivity contribution < 1.29 is 27.9 Å². The number of benzene rings is 1. The molecule has 0 radical (unpaired) electrons. The molecule has 2 amide bonds. The summed E-state index contributed by atoms with van der Waals surface area (Å²) in [7, 11) is 0. The number of nitrogens with one attached hydrogen (secondary N) is 1. The van der Waals surface area contributed by atoms with Crippen LogP contribution in [0.1, 0.15) is 65.9 Å². The highest BCUT2D eigenvalue weighted by atomic mass is 19.1. The molecule has 1 aromatic carbocycles. The Balaban J connectivity index is 1.53. The van der Waals surface area contributed by atoms with Crippen LogP contribution < -0.4 is 15.8 Å². The van der Waals surface area contributed by atoms with Crippen LogP contribution in [0.5, 0.6) is 5.75 Å². The van der Waals surface area contributed by atoms with E-state index in [1.54, 1.807) is 4.90 Å². The first-order valence-electron chi connectivity index (χ1n) is 12.6. The standard InChI is InChI=1S/C26H29F3N4O4/c1-3-31-21-7-14-4-5-15(13(2)6-14)11-32(21)33-12-18(23(34)24(35)22(33)26(31)37)25(36)30-10-17-19(28)8-16(27)9-20(17)29/h8-9,12-15,21,35H,3-7,10-11H2,1-2H3,(H,30,36). The van der Waals surface area contributed by atoms with Crippen LogP contribution in [0.3, 0.4) is 0 Å². The van der Waals surface area contributed by atoms with Crippen LogP contribution >= 0.6 is 0 Å². The molecule has 37 heavy (non-hydrogen) atoms. The van der Waals surface area contributed by atoms with Gasteiger partial charge in [-0.15, -0.1) is 0 Å². The average molecular weight is 519 g/mol. The van der Waals surface area contributed by atoms with Crippen LogP contribution in [0, 0.1) is 35.2 Å². The predicted octanol–water partition coefficient (Wildman–Crippen LogP) is 3.10. The van der Waals surface area contributed by atoms with Gasteiger partial charge >= 0.3 is 0 Å².